The van der Waals surface area contributed by atoms with Crippen molar-refractivity contribution < 1.29 is 17.9 Å². The zero-order chi connectivity index (χ0) is 17.8. The van der Waals surface area contributed by atoms with Gasteiger partial charge in [0.1, 0.15) is 5.75 Å². The quantitative estimate of drug-likeness (QED) is 0.831. The predicted octanol–water partition coefficient (Wildman–Crippen LogP) is 1.21. The summed E-state index contributed by atoms with van der Waals surface area (Å²) in [7, 11) is -1.89. The Morgan fingerprint density at radius 1 is 1.25 bits per heavy atom. The van der Waals surface area contributed by atoms with Crippen LogP contribution in [0.4, 0.5) is 0 Å². The zero-order valence-corrected chi connectivity index (χ0v) is 15.4. The number of hydrogen-bond donors (Lipinski definition) is 1. The lowest BCUT2D eigenvalue weighted by Crippen LogP contribution is -2.58. The highest BCUT2D eigenvalue weighted by Gasteiger charge is 2.50. The molecule has 0 aromatic heterocycles. The maximum Gasteiger partial charge on any atom is 0.244 e. The van der Waals surface area contributed by atoms with E-state index in [0.717, 1.165) is 11.3 Å². The molecule has 1 aromatic carbocycles. The lowest BCUT2D eigenvalue weighted by Gasteiger charge is -2.38. The van der Waals surface area contributed by atoms with Crippen LogP contribution in [0.2, 0.25) is 0 Å². The first-order valence-electron chi connectivity index (χ1n) is 8.16. The van der Waals surface area contributed by atoms with Gasteiger partial charge in [-0.25, -0.2) is 8.42 Å². The number of piperidine rings is 1. The lowest BCUT2D eigenvalue weighted by atomic mass is 9.95. The molecular weight excluding hydrogens is 328 g/mol. The first-order chi connectivity index (χ1) is 11.3. The van der Waals surface area contributed by atoms with E-state index in [9.17, 15) is 13.2 Å². The minimum absolute atomic E-state index is 0.287. The number of carbonyl (C=O) groups excluding carboxylic acids is 1. The van der Waals surface area contributed by atoms with E-state index in [1.807, 2.05) is 31.2 Å². The van der Waals surface area contributed by atoms with Crippen molar-refractivity contribution in [3.8, 4) is 5.75 Å². The van der Waals surface area contributed by atoms with Gasteiger partial charge < -0.3 is 15.0 Å². The topological polar surface area (TPSA) is 75.7 Å². The molecule has 1 heterocycles. The van der Waals surface area contributed by atoms with Gasteiger partial charge in [0, 0.05) is 19.3 Å². The molecule has 1 amide bonds. The van der Waals surface area contributed by atoms with Crippen LogP contribution < -0.4 is 10.1 Å². The fraction of sp³-hybridized carbons (Fsp3) is 0.588. The van der Waals surface area contributed by atoms with E-state index in [4.69, 9.17) is 4.74 Å². The summed E-state index contributed by atoms with van der Waals surface area (Å²) in [5, 5.41) is 3.14. The summed E-state index contributed by atoms with van der Waals surface area (Å²) in [5.41, 5.74) is 0.948. The number of hydrogen-bond acceptors (Lipinski definition) is 5. The second-order valence-electron chi connectivity index (χ2n) is 6.18. The van der Waals surface area contributed by atoms with Crippen LogP contribution in [0.1, 0.15) is 25.3 Å². The summed E-state index contributed by atoms with van der Waals surface area (Å²) in [5.74, 6) is 0.462. The number of sulfone groups is 1. The van der Waals surface area contributed by atoms with Crippen LogP contribution in [-0.2, 0) is 21.2 Å². The van der Waals surface area contributed by atoms with Gasteiger partial charge >= 0.3 is 0 Å². The summed E-state index contributed by atoms with van der Waals surface area (Å²) in [6.45, 7) is 3.82. The van der Waals surface area contributed by atoms with Crippen molar-refractivity contribution in [2.24, 2.45) is 0 Å². The average molecular weight is 354 g/mol. The molecule has 0 unspecified atom stereocenters. The van der Waals surface area contributed by atoms with Gasteiger partial charge in [-0.1, -0.05) is 12.1 Å². The molecule has 1 fully saturated rings. The minimum atomic E-state index is -3.50. The molecule has 0 spiro atoms. The molecule has 0 atom stereocenters. The standard InChI is InChI=1S/C17H26N2O4S/c1-4-19(13-14-5-7-15(23-2)8-6-14)16(20)17(24(3,21)22)9-11-18-12-10-17/h5-8,18H,4,9-13H2,1-3H3. The number of nitrogens with one attached hydrogen (secondary N) is 1. The third kappa shape index (κ3) is 3.72. The van der Waals surface area contributed by atoms with Crippen LogP contribution in [0, 0.1) is 0 Å². The van der Waals surface area contributed by atoms with Crippen LogP contribution in [0.5, 0.6) is 5.75 Å². The minimum Gasteiger partial charge on any atom is -0.497 e. The maximum atomic E-state index is 13.1. The number of amides is 1. The van der Waals surface area contributed by atoms with Crippen LogP contribution in [-0.4, -0.2) is 57.0 Å². The van der Waals surface area contributed by atoms with Crippen molar-refractivity contribution in [1.29, 1.82) is 0 Å². The van der Waals surface area contributed by atoms with Gasteiger partial charge in [0.15, 0.2) is 14.6 Å². The molecule has 0 saturated carbocycles. The van der Waals surface area contributed by atoms with Gasteiger partial charge in [-0.15, -0.1) is 0 Å². The Morgan fingerprint density at radius 2 is 1.83 bits per heavy atom. The number of nitrogens with zero attached hydrogens (tertiary/aromatic N) is 1. The van der Waals surface area contributed by atoms with Crippen LogP contribution in [0.15, 0.2) is 24.3 Å². The molecule has 1 N–H and O–H groups in total. The van der Waals surface area contributed by atoms with Gasteiger partial charge in [-0.3, -0.25) is 4.79 Å². The van der Waals surface area contributed by atoms with E-state index in [1.54, 1.807) is 12.0 Å². The Labute approximate surface area is 144 Å². The molecular formula is C17H26N2O4S. The van der Waals surface area contributed by atoms with Crippen LogP contribution in [0.25, 0.3) is 0 Å². The molecule has 7 heteroatoms. The predicted molar refractivity (Wildman–Crippen MR) is 93.8 cm³/mol. The summed E-state index contributed by atoms with van der Waals surface area (Å²) in [6.07, 6.45) is 1.82. The van der Waals surface area contributed by atoms with E-state index in [1.165, 1.54) is 6.26 Å². The Morgan fingerprint density at radius 3 is 2.29 bits per heavy atom. The molecule has 0 bridgehead atoms. The van der Waals surface area contributed by atoms with E-state index < -0.39 is 14.6 Å². The van der Waals surface area contributed by atoms with E-state index >= 15 is 0 Å². The third-order valence-corrected chi connectivity index (χ3v) is 6.71. The van der Waals surface area contributed by atoms with Crippen molar-refractivity contribution in [2.45, 2.75) is 31.1 Å². The van der Waals surface area contributed by atoms with Crippen LogP contribution >= 0.6 is 0 Å². The first-order valence-corrected chi connectivity index (χ1v) is 10.1. The van der Waals surface area contributed by atoms with Crippen molar-refractivity contribution in [1.82, 2.24) is 10.2 Å². The fourth-order valence-electron chi connectivity index (χ4n) is 3.14. The molecule has 1 aliphatic rings. The van der Waals surface area contributed by atoms with E-state index in [2.05, 4.69) is 5.32 Å². The summed E-state index contributed by atoms with van der Waals surface area (Å²) in [4.78, 5) is 14.8. The SMILES string of the molecule is CCN(Cc1ccc(OC)cc1)C(=O)C1(S(C)(=O)=O)CCNCC1. The molecule has 24 heavy (non-hydrogen) atoms. The number of carbonyl (C=O) groups is 1. The monoisotopic (exact) mass is 354 g/mol. The summed E-state index contributed by atoms with van der Waals surface area (Å²) < 4.78 is 28.7. The van der Waals surface area contributed by atoms with Crippen molar-refractivity contribution >= 4 is 15.7 Å². The Hall–Kier alpha value is -1.60. The van der Waals surface area contributed by atoms with E-state index in [-0.39, 0.29) is 5.91 Å². The highest BCUT2D eigenvalue weighted by atomic mass is 32.2. The molecule has 2 rings (SSSR count). The van der Waals surface area contributed by atoms with Crippen molar-refractivity contribution in [3.05, 3.63) is 29.8 Å². The van der Waals surface area contributed by atoms with Gasteiger partial charge in [0.25, 0.3) is 0 Å². The molecule has 1 saturated heterocycles. The highest BCUT2D eigenvalue weighted by Crippen LogP contribution is 2.30. The average Bonchev–Trinajstić information content (AvgIpc) is 2.59. The number of benzene rings is 1. The highest BCUT2D eigenvalue weighted by molar-refractivity contribution is 7.92. The molecule has 0 radical (unpaired) electrons. The number of methoxy groups -OCH3 is 1. The molecule has 1 aromatic rings. The third-order valence-electron chi connectivity index (χ3n) is 4.71. The largest absolute Gasteiger partial charge is 0.497 e. The van der Waals surface area contributed by atoms with Gasteiger partial charge in [-0.05, 0) is 50.6 Å². The maximum absolute atomic E-state index is 13.1. The van der Waals surface area contributed by atoms with Crippen molar-refractivity contribution in [3.63, 3.8) is 0 Å². The zero-order valence-electron chi connectivity index (χ0n) is 14.5. The van der Waals surface area contributed by atoms with Gasteiger partial charge in [0.2, 0.25) is 5.91 Å². The number of rotatable bonds is 6. The number of ether oxygens (including phenoxy) is 1. The van der Waals surface area contributed by atoms with Gasteiger partial charge in [-0.2, -0.15) is 0 Å². The lowest BCUT2D eigenvalue weighted by molar-refractivity contribution is -0.135. The molecule has 0 aliphatic carbocycles. The van der Waals surface area contributed by atoms with Gasteiger partial charge in [0.05, 0.1) is 7.11 Å². The second-order valence-corrected chi connectivity index (χ2v) is 8.51. The first kappa shape index (κ1) is 18.7. The molecule has 6 nitrogen and oxygen atoms in total. The Balaban J connectivity index is 2.25. The fourth-order valence-corrected chi connectivity index (χ4v) is 4.53. The normalized spacial score (nSPS) is 17.3. The smallest absolute Gasteiger partial charge is 0.244 e. The molecule has 134 valence electrons. The van der Waals surface area contributed by atoms with Crippen molar-refractivity contribution in [2.75, 3.05) is 33.0 Å². The van der Waals surface area contributed by atoms with Crippen LogP contribution in [0.3, 0.4) is 0 Å². The summed E-state index contributed by atoms with van der Waals surface area (Å²) in [6, 6.07) is 7.46. The Kier molecular flexibility index (Phi) is 5.87. The Bertz CT molecular complexity index is 664. The summed E-state index contributed by atoms with van der Waals surface area (Å²) >= 11 is 0. The van der Waals surface area contributed by atoms with E-state index in [0.29, 0.717) is 39.0 Å². The molecule has 1 aliphatic heterocycles. The second kappa shape index (κ2) is 7.53.